The van der Waals surface area contributed by atoms with Crippen molar-refractivity contribution in [2.45, 2.75) is 37.1 Å². The second kappa shape index (κ2) is 6.42. The summed E-state index contributed by atoms with van der Waals surface area (Å²) in [6.07, 6.45) is 1.47. The van der Waals surface area contributed by atoms with Crippen LogP contribution in [0.1, 0.15) is 26.7 Å². The Hall–Kier alpha value is -2.33. The zero-order valence-corrected chi connectivity index (χ0v) is 13.5. The van der Waals surface area contributed by atoms with Crippen molar-refractivity contribution in [3.05, 3.63) is 30.6 Å². The van der Waals surface area contributed by atoms with E-state index in [2.05, 4.69) is 20.2 Å². The average Bonchev–Trinajstić information content (AvgIpc) is 2.98. The third-order valence-electron chi connectivity index (χ3n) is 3.14. The van der Waals surface area contributed by atoms with Gasteiger partial charge in [0.05, 0.1) is 10.6 Å². The molecule has 0 bridgehead atoms. The van der Waals surface area contributed by atoms with Crippen LogP contribution >= 0.6 is 0 Å². The Balaban J connectivity index is 2.14. The third kappa shape index (κ3) is 4.57. The molecule has 23 heavy (non-hydrogen) atoms. The van der Waals surface area contributed by atoms with E-state index in [9.17, 15) is 13.2 Å². The molecule has 2 aromatic rings. The van der Waals surface area contributed by atoms with E-state index < -0.39 is 21.5 Å². The fraction of sp³-hybridized carbons (Fsp3) is 0.385. The summed E-state index contributed by atoms with van der Waals surface area (Å²) in [4.78, 5) is 10.7. The Morgan fingerprint density at radius 1 is 1.30 bits per heavy atom. The van der Waals surface area contributed by atoms with Gasteiger partial charge in [0.25, 0.3) is 0 Å². The number of tetrazole rings is 1. The Kier molecular flexibility index (Phi) is 4.76. The molecule has 1 aromatic carbocycles. The van der Waals surface area contributed by atoms with Gasteiger partial charge in [-0.05, 0) is 55.0 Å². The van der Waals surface area contributed by atoms with Gasteiger partial charge >= 0.3 is 5.97 Å². The van der Waals surface area contributed by atoms with Gasteiger partial charge in [0, 0.05) is 12.0 Å². The maximum atomic E-state index is 12.4. The van der Waals surface area contributed by atoms with E-state index >= 15 is 0 Å². The maximum Gasteiger partial charge on any atom is 0.303 e. The standard InChI is InChI=1S/C13H17N5O4S/c1-13(2,8-7-12(19)20)15-23(21,22)11-5-3-10(4-6-11)18-9-14-16-17-18/h3-6,9,15H,7-8H2,1-2H3,(H,19,20). The number of aromatic nitrogens is 4. The van der Waals surface area contributed by atoms with Crippen molar-refractivity contribution in [3.63, 3.8) is 0 Å². The smallest absolute Gasteiger partial charge is 0.303 e. The summed E-state index contributed by atoms with van der Waals surface area (Å²) in [5, 5.41) is 19.4. The highest BCUT2D eigenvalue weighted by atomic mass is 32.2. The van der Waals surface area contributed by atoms with Crippen LogP contribution in [0.15, 0.2) is 35.5 Å². The third-order valence-corrected chi connectivity index (χ3v) is 4.85. The van der Waals surface area contributed by atoms with Crippen molar-refractivity contribution < 1.29 is 18.3 Å². The largest absolute Gasteiger partial charge is 0.481 e. The first-order valence-corrected chi connectivity index (χ1v) is 8.27. The van der Waals surface area contributed by atoms with E-state index in [0.717, 1.165) is 0 Å². The fourth-order valence-electron chi connectivity index (χ4n) is 1.95. The van der Waals surface area contributed by atoms with E-state index in [1.165, 1.54) is 23.1 Å². The van der Waals surface area contributed by atoms with Crippen LogP contribution in [0, 0.1) is 0 Å². The monoisotopic (exact) mass is 339 g/mol. The zero-order chi connectivity index (χ0) is 17.1. The number of nitrogens with zero attached hydrogens (tertiary/aromatic N) is 4. The summed E-state index contributed by atoms with van der Waals surface area (Å²) in [5.74, 6) is -0.969. The Labute approximate surface area is 133 Å². The first kappa shape index (κ1) is 17.0. The number of hydrogen-bond acceptors (Lipinski definition) is 6. The minimum absolute atomic E-state index is 0.0812. The topological polar surface area (TPSA) is 127 Å². The molecule has 2 N–H and O–H groups in total. The van der Waals surface area contributed by atoms with Crippen molar-refractivity contribution in [2.75, 3.05) is 0 Å². The molecule has 0 unspecified atom stereocenters. The van der Waals surface area contributed by atoms with E-state index in [1.807, 2.05) is 0 Å². The number of carbonyl (C=O) groups is 1. The second-order valence-corrected chi connectivity index (χ2v) is 7.31. The quantitative estimate of drug-likeness (QED) is 0.755. The normalized spacial score (nSPS) is 12.3. The number of hydrogen-bond donors (Lipinski definition) is 2. The van der Waals surface area contributed by atoms with Gasteiger partial charge in [-0.2, -0.15) is 0 Å². The van der Waals surface area contributed by atoms with Crippen LogP contribution in [0.2, 0.25) is 0 Å². The molecule has 0 fully saturated rings. The summed E-state index contributed by atoms with van der Waals surface area (Å²) in [6.45, 7) is 3.28. The predicted molar refractivity (Wildman–Crippen MR) is 80.4 cm³/mol. The molecule has 0 aliphatic carbocycles. The highest BCUT2D eigenvalue weighted by Crippen LogP contribution is 2.18. The molecule has 2 rings (SSSR count). The lowest BCUT2D eigenvalue weighted by atomic mass is 10.0. The number of benzene rings is 1. The first-order valence-electron chi connectivity index (χ1n) is 6.79. The van der Waals surface area contributed by atoms with Crippen molar-refractivity contribution in [2.24, 2.45) is 0 Å². The molecule has 9 nitrogen and oxygen atoms in total. The zero-order valence-electron chi connectivity index (χ0n) is 12.7. The fourth-order valence-corrected chi connectivity index (χ4v) is 3.39. The lowest BCUT2D eigenvalue weighted by Gasteiger charge is -2.25. The van der Waals surface area contributed by atoms with E-state index in [0.29, 0.717) is 5.69 Å². The van der Waals surface area contributed by atoms with E-state index in [-0.39, 0.29) is 17.7 Å². The Bertz CT molecular complexity index is 769. The molecule has 0 spiro atoms. The lowest BCUT2D eigenvalue weighted by molar-refractivity contribution is -0.137. The van der Waals surface area contributed by atoms with Crippen LogP contribution in [-0.4, -0.2) is 45.2 Å². The molecular formula is C13H17N5O4S. The van der Waals surface area contributed by atoms with Crippen LogP contribution in [0.5, 0.6) is 0 Å². The van der Waals surface area contributed by atoms with Crippen LogP contribution in [0.3, 0.4) is 0 Å². The molecule has 0 radical (unpaired) electrons. The van der Waals surface area contributed by atoms with Crippen molar-refractivity contribution in [1.82, 2.24) is 24.9 Å². The molecular weight excluding hydrogens is 322 g/mol. The number of aliphatic carboxylic acids is 1. The highest BCUT2D eigenvalue weighted by molar-refractivity contribution is 7.89. The molecule has 0 aliphatic heterocycles. The van der Waals surface area contributed by atoms with Gasteiger partial charge in [0.15, 0.2) is 0 Å². The van der Waals surface area contributed by atoms with Gasteiger partial charge in [-0.25, -0.2) is 17.8 Å². The van der Waals surface area contributed by atoms with Gasteiger partial charge in [-0.1, -0.05) is 0 Å². The number of nitrogens with one attached hydrogen (secondary N) is 1. The van der Waals surface area contributed by atoms with Gasteiger partial charge in [0.1, 0.15) is 6.33 Å². The SMILES string of the molecule is CC(C)(CCC(=O)O)NS(=O)(=O)c1ccc(-n2cnnn2)cc1. The molecule has 0 saturated heterocycles. The van der Waals surface area contributed by atoms with Crippen LogP contribution < -0.4 is 4.72 Å². The summed E-state index contributed by atoms with van der Waals surface area (Å²) in [7, 11) is -3.76. The number of rotatable bonds is 7. The highest BCUT2D eigenvalue weighted by Gasteiger charge is 2.26. The molecule has 1 heterocycles. The number of carboxylic acids is 1. The molecule has 124 valence electrons. The van der Waals surface area contributed by atoms with Gasteiger partial charge in [-0.3, -0.25) is 4.79 Å². The minimum Gasteiger partial charge on any atom is -0.481 e. The Morgan fingerprint density at radius 3 is 2.48 bits per heavy atom. The van der Waals surface area contributed by atoms with Gasteiger partial charge < -0.3 is 5.11 Å². The summed E-state index contributed by atoms with van der Waals surface area (Å²) in [5.41, 5.74) is -0.245. The maximum absolute atomic E-state index is 12.4. The summed E-state index contributed by atoms with van der Waals surface area (Å²) < 4.78 is 28.7. The summed E-state index contributed by atoms with van der Waals surface area (Å²) >= 11 is 0. The van der Waals surface area contributed by atoms with Crippen molar-refractivity contribution in [1.29, 1.82) is 0 Å². The van der Waals surface area contributed by atoms with Crippen LogP contribution in [0.4, 0.5) is 0 Å². The number of sulfonamides is 1. The minimum atomic E-state index is -3.76. The predicted octanol–water partition coefficient (Wildman–Crippen LogP) is 0.584. The first-order chi connectivity index (χ1) is 10.7. The van der Waals surface area contributed by atoms with Gasteiger partial charge in [-0.15, -0.1) is 5.10 Å². The molecule has 0 saturated carbocycles. The van der Waals surface area contributed by atoms with E-state index in [4.69, 9.17) is 5.11 Å². The molecule has 0 amide bonds. The molecule has 0 aliphatic rings. The molecule has 10 heteroatoms. The van der Waals surface area contributed by atoms with Crippen LogP contribution in [0.25, 0.3) is 5.69 Å². The van der Waals surface area contributed by atoms with Crippen molar-refractivity contribution in [3.8, 4) is 5.69 Å². The van der Waals surface area contributed by atoms with E-state index in [1.54, 1.807) is 26.0 Å². The second-order valence-electron chi connectivity index (χ2n) is 5.63. The number of carboxylic acid groups (broad SMARTS) is 1. The summed E-state index contributed by atoms with van der Waals surface area (Å²) in [6, 6.07) is 6.03. The van der Waals surface area contributed by atoms with Crippen molar-refractivity contribution >= 4 is 16.0 Å². The molecule has 1 aromatic heterocycles. The molecule has 0 atom stereocenters. The average molecular weight is 339 g/mol. The Morgan fingerprint density at radius 2 is 1.96 bits per heavy atom. The van der Waals surface area contributed by atoms with Crippen LogP contribution in [-0.2, 0) is 14.8 Å². The lowest BCUT2D eigenvalue weighted by Crippen LogP contribution is -2.43. The van der Waals surface area contributed by atoms with Gasteiger partial charge in [0.2, 0.25) is 10.0 Å².